The molecule has 7 heteroatoms. The lowest BCUT2D eigenvalue weighted by Crippen LogP contribution is -2.27. The van der Waals surface area contributed by atoms with Gasteiger partial charge in [0.25, 0.3) is 5.91 Å². The van der Waals surface area contributed by atoms with Crippen LogP contribution in [0.3, 0.4) is 0 Å². The summed E-state index contributed by atoms with van der Waals surface area (Å²) >= 11 is 6.74. The minimum absolute atomic E-state index is 0.114. The lowest BCUT2D eigenvalue weighted by atomic mass is 10.2. The molecule has 1 amide bonds. The van der Waals surface area contributed by atoms with Crippen molar-refractivity contribution in [2.75, 3.05) is 31.1 Å². The first-order chi connectivity index (χ1) is 14.1. The standard InChI is InChI=1S/C22H25N3O2S2/c1-3-24(4-2)13-6-14-27-19-10-8-18(9-11-19)25-21(26)20(29-22(25)28)15-17-7-5-12-23-16-17/h5,7-12,15-16H,3-4,6,13-14H2,1-2H3/b20-15-. The topological polar surface area (TPSA) is 45.7 Å². The number of thioether (sulfide) groups is 1. The average Bonchev–Trinajstić information content (AvgIpc) is 3.02. The van der Waals surface area contributed by atoms with E-state index in [0.717, 1.165) is 43.1 Å². The van der Waals surface area contributed by atoms with Gasteiger partial charge in [-0.25, -0.2) is 0 Å². The Balaban J connectivity index is 1.60. The first-order valence-corrected chi connectivity index (χ1v) is 11.0. The van der Waals surface area contributed by atoms with E-state index in [1.807, 2.05) is 42.5 Å². The highest BCUT2D eigenvalue weighted by Gasteiger charge is 2.33. The molecule has 0 saturated carbocycles. The van der Waals surface area contributed by atoms with Crippen LogP contribution in [0.25, 0.3) is 6.08 Å². The van der Waals surface area contributed by atoms with Crippen molar-refractivity contribution in [1.29, 1.82) is 0 Å². The number of carbonyl (C=O) groups is 1. The molecule has 1 aromatic heterocycles. The number of thiocarbonyl (C=S) groups is 1. The number of aromatic nitrogens is 1. The molecule has 1 fully saturated rings. The van der Waals surface area contributed by atoms with Crippen molar-refractivity contribution in [2.45, 2.75) is 20.3 Å². The highest BCUT2D eigenvalue weighted by atomic mass is 32.2. The van der Waals surface area contributed by atoms with E-state index in [0.29, 0.717) is 15.8 Å². The van der Waals surface area contributed by atoms with Gasteiger partial charge in [0.1, 0.15) is 5.75 Å². The Hall–Kier alpha value is -2.22. The Kier molecular flexibility index (Phi) is 7.80. The third-order valence-electron chi connectivity index (χ3n) is 4.65. The Morgan fingerprint density at radius 2 is 1.97 bits per heavy atom. The smallest absolute Gasteiger partial charge is 0.270 e. The van der Waals surface area contributed by atoms with Crippen LogP contribution in [0.5, 0.6) is 5.75 Å². The lowest BCUT2D eigenvalue weighted by molar-refractivity contribution is -0.113. The van der Waals surface area contributed by atoms with E-state index in [4.69, 9.17) is 17.0 Å². The SMILES string of the molecule is CCN(CC)CCCOc1ccc(N2C(=O)/C(=C/c3cccnc3)SC2=S)cc1. The van der Waals surface area contributed by atoms with Gasteiger partial charge in [-0.2, -0.15) is 0 Å². The van der Waals surface area contributed by atoms with E-state index >= 15 is 0 Å². The summed E-state index contributed by atoms with van der Waals surface area (Å²) in [5.74, 6) is 0.682. The minimum atomic E-state index is -0.114. The Bertz CT molecular complexity index is 865. The Morgan fingerprint density at radius 1 is 1.21 bits per heavy atom. The van der Waals surface area contributed by atoms with Gasteiger partial charge < -0.3 is 9.64 Å². The van der Waals surface area contributed by atoms with Crippen molar-refractivity contribution >= 4 is 46.0 Å². The van der Waals surface area contributed by atoms with E-state index in [1.54, 1.807) is 17.3 Å². The number of nitrogens with zero attached hydrogens (tertiary/aromatic N) is 3. The maximum atomic E-state index is 12.8. The largest absolute Gasteiger partial charge is 0.494 e. The summed E-state index contributed by atoms with van der Waals surface area (Å²) in [7, 11) is 0. The monoisotopic (exact) mass is 427 g/mol. The van der Waals surface area contributed by atoms with Gasteiger partial charge in [-0.1, -0.05) is 43.9 Å². The number of benzene rings is 1. The van der Waals surface area contributed by atoms with Gasteiger partial charge in [-0.15, -0.1) is 0 Å². The number of carbonyl (C=O) groups excluding carboxylic acids is 1. The second-order valence-corrected chi connectivity index (χ2v) is 8.20. The first-order valence-electron chi connectivity index (χ1n) is 9.75. The van der Waals surface area contributed by atoms with Crippen LogP contribution in [0.15, 0.2) is 53.7 Å². The Morgan fingerprint density at radius 3 is 2.62 bits per heavy atom. The highest BCUT2D eigenvalue weighted by molar-refractivity contribution is 8.27. The molecule has 5 nitrogen and oxygen atoms in total. The van der Waals surface area contributed by atoms with E-state index in [2.05, 4.69) is 23.7 Å². The Labute approximate surface area is 181 Å². The summed E-state index contributed by atoms with van der Waals surface area (Å²) in [6.45, 7) is 8.16. The molecule has 1 saturated heterocycles. The van der Waals surface area contributed by atoms with Crippen LogP contribution in [-0.4, -0.2) is 46.4 Å². The number of anilines is 1. The van der Waals surface area contributed by atoms with Crippen LogP contribution in [0, 0.1) is 0 Å². The van der Waals surface area contributed by atoms with Crippen LogP contribution in [-0.2, 0) is 4.79 Å². The minimum Gasteiger partial charge on any atom is -0.494 e. The van der Waals surface area contributed by atoms with Gasteiger partial charge >= 0.3 is 0 Å². The molecule has 152 valence electrons. The first kappa shape index (κ1) is 21.5. The average molecular weight is 428 g/mol. The number of rotatable bonds is 9. The highest BCUT2D eigenvalue weighted by Crippen LogP contribution is 2.36. The number of pyridine rings is 1. The fourth-order valence-electron chi connectivity index (χ4n) is 3.01. The molecule has 0 unspecified atom stereocenters. The maximum absolute atomic E-state index is 12.8. The maximum Gasteiger partial charge on any atom is 0.270 e. The molecule has 0 spiro atoms. The third kappa shape index (κ3) is 5.65. The molecule has 2 aromatic rings. The molecule has 0 bridgehead atoms. The molecular weight excluding hydrogens is 402 g/mol. The van der Waals surface area contributed by atoms with Crippen molar-refractivity contribution in [1.82, 2.24) is 9.88 Å². The molecule has 3 rings (SSSR count). The van der Waals surface area contributed by atoms with Gasteiger partial charge in [-0.3, -0.25) is 14.7 Å². The van der Waals surface area contributed by atoms with Gasteiger partial charge in [0.2, 0.25) is 0 Å². The molecule has 1 aliphatic heterocycles. The van der Waals surface area contributed by atoms with Crippen molar-refractivity contribution in [3.63, 3.8) is 0 Å². The zero-order chi connectivity index (χ0) is 20.6. The molecule has 2 heterocycles. The summed E-state index contributed by atoms with van der Waals surface area (Å²) in [4.78, 5) is 21.4. The molecule has 0 radical (unpaired) electrons. The summed E-state index contributed by atoms with van der Waals surface area (Å²) in [5.41, 5.74) is 1.62. The summed E-state index contributed by atoms with van der Waals surface area (Å²) in [6, 6.07) is 11.3. The molecule has 0 atom stereocenters. The fourth-order valence-corrected chi connectivity index (χ4v) is 4.31. The number of amides is 1. The summed E-state index contributed by atoms with van der Waals surface area (Å²) in [6.07, 6.45) is 6.23. The van der Waals surface area contributed by atoms with Crippen LogP contribution in [0.4, 0.5) is 5.69 Å². The second kappa shape index (κ2) is 10.5. The van der Waals surface area contributed by atoms with Crippen LogP contribution >= 0.6 is 24.0 Å². The van der Waals surface area contributed by atoms with Crippen molar-refractivity contribution < 1.29 is 9.53 Å². The number of hydrogen-bond acceptors (Lipinski definition) is 6. The zero-order valence-electron chi connectivity index (χ0n) is 16.7. The molecule has 0 N–H and O–H groups in total. The molecular formula is C22H25N3O2S2. The summed E-state index contributed by atoms with van der Waals surface area (Å²) < 4.78 is 6.36. The second-order valence-electron chi connectivity index (χ2n) is 6.53. The number of ether oxygens (including phenoxy) is 1. The molecule has 0 aliphatic carbocycles. The molecule has 1 aliphatic rings. The molecule has 29 heavy (non-hydrogen) atoms. The van der Waals surface area contributed by atoms with Crippen molar-refractivity contribution in [2.24, 2.45) is 0 Å². The van der Waals surface area contributed by atoms with E-state index in [-0.39, 0.29) is 5.91 Å². The van der Waals surface area contributed by atoms with Crippen molar-refractivity contribution in [3.05, 3.63) is 59.3 Å². The molecule has 1 aromatic carbocycles. The van der Waals surface area contributed by atoms with E-state index < -0.39 is 0 Å². The number of hydrogen-bond donors (Lipinski definition) is 0. The van der Waals surface area contributed by atoms with Gasteiger partial charge in [0.05, 0.1) is 17.2 Å². The van der Waals surface area contributed by atoms with Crippen molar-refractivity contribution in [3.8, 4) is 5.75 Å². The third-order valence-corrected chi connectivity index (χ3v) is 5.95. The van der Waals surface area contributed by atoms with Crippen LogP contribution < -0.4 is 9.64 Å². The van der Waals surface area contributed by atoms with Crippen LogP contribution in [0.1, 0.15) is 25.8 Å². The lowest BCUT2D eigenvalue weighted by Gasteiger charge is -2.18. The normalized spacial score (nSPS) is 15.6. The van der Waals surface area contributed by atoms with Crippen LogP contribution in [0.2, 0.25) is 0 Å². The fraction of sp³-hybridized carbons (Fsp3) is 0.318. The zero-order valence-corrected chi connectivity index (χ0v) is 18.3. The van der Waals surface area contributed by atoms with Gasteiger partial charge in [-0.05, 0) is 61.5 Å². The quantitative estimate of drug-likeness (QED) is 0.331. The van der Waals surface area contributed by atoms with E-state index in [1.165, 1.54) is 11.8 Å². The summed E-state index contributed by atoms with van der Waals surface area (Å²) in [5, 5.41) is 0. The van der Waals surface area contributed by atoms with Gasteiger partial charge in [0.15, 0.2) is 4.32 Å². The van der Waals surface area contributed by atoms with Gasteiger partial charge in [0, 0.05) is 18.9 Å². The van der Waals surface area contributed by atoms with E-state index in [9.17, 15) is 4.79 Å². The predicted octanol–water partition coefficient (Wildman–Crippen LogP) is 4.60. The predicted molar refractivity (Wildman–Crippen MR) is 124 cm³/mol.